The number of hydrogen-bond acceptors (Lipinski definition) is 2. The minimum Gasteiger partial charge on any atom is -0.464 e. The van der Waals surface area contributed by atoms with E-state index in [2.05, 4.69) is 59.7 Å². The molecule has 0 bridgehead atoms. The van der Waals surface area contributed by atoms with E-state index in [4.69, 9.17) is 4.74 Å². The minimum atomic E-state index is 0.456. The molecule has 0 radical (unpaired) electrons. The molecule has 118 valence electrons. The molecule has 0 N–H and O–H groups in total. The third kappa shape index (κ3) is 2.03. The van der Waals surface area contributed by atoms with E-state index in [1.807, 2.05) is 18.4 Å². The van der Waals surface area contributed by atoms with Gasteiger partial charge in [-0.25, -0.2) is 0 Å². The van der Waals surface area contributed by atoms with Gasteiger partial charge in [-0.05, 0) is 43.0 Å². The number of benzene rings is 2. The van der Waals surface area contributed by atoms with Crippen molar-refractivity contribution in [1.82, 2.24) is 0 Å². The third-order valence-corrected chi connectivity index (χ3v) is 5.12. The summed E-state index contributed by atoms with van der Waals surface area (Å²) >= 11 is 0. The van der Waals surface area contributed by atoms with E-state index in [0.717, 1.165) is 5.75 Å². The topological polar surface area (TPSA) is 12.5 Å². The van der Waals surface area contributed by atoms with Gasteiger partial charge in [0.1, 0.15) is 5.75 Å². The summed E-state index contributed by atoms with van der Waals surface area (Å²) in [6.07, 6.45) is 16.8. The molecule has 0 spiro atoms. The van der Waals surface area contributed by atoms with Gasteiger partial charge in [0.05, 0.1) is 12.3 Å². The fourth-order valence-corrected chi connectivity index (χ4v) is 3.93. The molecule has 3 aliphatic rings. The van der Waals surface area contributed by atoms with Crippen molar-refractivity contribution in [3.63, 3.8) is 0 Å². The summed E-state index contributed by atoms with van der Waals surface area (Å²) in [6.45, 7) is 0. The van der Waals surface area contributed by atoms with Crippen LogP contribution in [0, 0.1) is 0 Å². The maximum Gasteiger partial charge on any atom is 0.134 e. The van der Waals surface area contributed by atoms with Crippen LogP contribution >= 0.6 is 0 Å². The summed E-state index contributed by atoms with van der Waals surface area (Å²) in [5.41, 5.74) is 3.69. The highest BCUT2D eigenvalue weighted by atomic mass is 16.5. The second-order valence-corrected chi connectivity index (χ2v) is 6.53. The first-order valence-electron chi connectivity index (χ1n) is 8.65. The first-order chi connectivity index (χ1) is 11.9. The quantitative estimate of drug-likeness (QED) is 0.744. The number of allylic oxidation sites excluding steroid dienone is 2. The average molecular weight is 313 g/mol. The van der Waals surface area contributed by atoms with Crippen molar-refractivity contribution in [2.24, 2.45) is 0 Å². The van der Waals surface area contributed by atoms with Crippen LogP contribution in [0.3, 0.4) is 0 Å². The van der Waals surface area contributed by atoms with Crippen molar-refractivity contribution in [3.8, 4) is 16.9 Å². The molecule has 2 aromatic rings. The summed E-state index contributed by atoms with van der Waals surface area (Å²) in [5, 5.41) is 2.43. The number of nitrogens with zero attached hydrogens (tertiary/aromatic N) is 1. The van der Waals surface area contributed by atoms with Gasteiger partial charge < -0.3 is 9.64 Å². The van der Waals surface area contributed by atoms with Gasteiger partial charge in [0, 0.05) is 27.9 Å². The molecule has 1 atom stereocenters. The minimum absolute atomic E-state index is 0.456. The average Bonchev–Trinajstić information content (AvgIpc) is 2.67. The van der Waals surface area contributed by atoms with Crippen molar-refractivity contribution in [2.45, 2.75) is 25.3 Å². The fraction of sp³-hybridized carbons (Fsp3) is 0.182. The predicted molar refractivity (Wildman–Crippen MR) is 99.1 cm³/mol. The smallest absolute Gasteiger partial charge is 0.134 e. The molecule has 2 nitrogen and oxygen atoms in total. The molecular formula is C22H19NO. The first-order valence-corrected chi connectivity index (χ1v) is 8.65. The molecule has 0 aromatic heterocycles. The monoisotopic (exact) mass is 313 g/mol. The van der Waals surface area contributed by atoms with Crippen molar-refractivity contribution in [3.05, 3.63) is 71.3 Å². The molecule has 0 fully saturated rings. The Balaban J connectivity index is 1.69. The van der Waals surface area contributed by atoms with Crippen molar-refractivity contribution < 1.29 is 4.74 Å². The van der Waals surface area contributed by atoms with E-state index in [9.17, 15) is 0 Å². The van der Waals surface area contributed by atoms with Crippen LogP contribution in [0.25, 0.3) is 23.5 Å². The zero-order chi connectivity index (χ0) is 15.9. The largest absolute Gasteiger partial charge is 0.464 e. The Hall–Kier alpha value is -2.74. The van der Waals surface area contributed by atoms with Crippen LogP contribution in [-0.4, -0.2) is 6.04 Å². The van der Waals surface area contributed by atoms with E-state index in [0.29, 0.717) is 6.04 Å². The van der Waals surface area contributed by atoms with Gasteiger partial charge in [0.15, 0.2) is 0 Å². The highest BCUT2D eigenvalue weighted by Gasteiger charge is 2.21. The summed E-state index contributed by atoms with van der Waals surface area (Å²) in [6, 6.07) is 13.2. The first kappa shape index (κ1) is 13.7. The van der Waals surface area contributed by atoms with Gasteiger partial charge in [-0.15, -0.1) is 0 Å². The normalized spacial score (nSPS) is 20.2. The number of hydrogen-bond donors (Lipinski definition) is 0. The summed E-state index contributed by atoms with van der Waals surface area (Å²) in [4.78, 5) is 2.40. The van der Waals surface area contributed by atoms with E-state index in [-0.39, 0.29) is 0 Å². The molecule has 2 heterocycles. The number of anilines is 1. The fourth-order valence-electron chi connectivity index (χ4n) is 3.93. The van der Waals surface area contributed by atoms with Gasteiger partial charge in [-0.3, -0.25) is 0 Å². The zero-order valence-corrected chi connectivity index (χ0v) is 13.5. The molecule has 2 aromatic carbocycles. The number of ether oxygens (including phenoxy) is 1. The predicted octanol–water partition coefficient (Wildman–Crippen LogP) is 3.71. The van der Waals surface area contributed by atoms with Crippen LogP contribution in [-0.2, 0) is 0 Å². The molecule has 1 aliphatic carbocycles. The lowest BCUT2D eigenvalue weighted by atomic mass is 9.96. The van der Waals surface area contributed by atoms with Gasteiger partial charge >= 0.3 is 0 Å². The molecule has 24 heavy (non-hydrogen) atoms. The van der Waals surface area contributed by atoms with Gasteiger partial charge in [-0.1, -0.05) is 42.5 Å². The van der Waals surface area contributed by atoms with E-state index in [1.165, 1.54) is 46.5 Å². The van der Waals surface area contributed by atoms with Gasteiger partial charge in [0.25, 0.3) is 0 Å². The lowest BCUT2D eigenvalue weighted by Crippen LogP contribution is -2.40. The molecule has 2 heteroatoms. The Bertz CT molecular complexity index is 984. The van der Waals surface area contributed by atoms with Crippen molar-refractivity contribution in [1.29, 1.82) is 0 Å². The second-order valence-electron chi connectivity index (χ2n) is 6.53. The molecule has 1 unspecified atom stereocenters. The number of para-hydroxylation sites is 1. The molecule has 2 aliphatic heterocycles. The lowest BCUT2D eigenvalue weighted by molar-refractivity contribution is 0.537. The lowest BCUT2D eigenvalue weighted by Gasteiger charge is -2.32. The van der Waals surface area contributed by atoms with Crippen molar-refractivity contribution in [2.75, 3.05) is 4.90 Å². The molecular weight excluding hydrogens is 294 g/mol. The summed E-state index contributed by atoms with van der Waals surface area (Å²) < 4.78 is 5.90. The van der Waals surface area contributed by atoms with Crippen LogP contribution in [0.1, 0.15) is 19.3 Å². The Kier molecular flexibility index (Phi) is 3.08. The molecule has 0 amide bonds. The SMILES string of the molecule is C1=CN(C2C=CCCC2)c2ccc3c(c2=C1)=COc1ccccc1-3. The number of rotatable bonds is 1. The Morgan fingerprint density at radius 3 is 2.88 bits per heavy atom. The standard InChI is InChI=1S/C22H19NO/c1-2-7-16(8-3-1)23-14-6-10-18-20-15-24-22-11-5-4-9-19(22)17(20)12-13-21(18)23/h2,4-7,9-16H,1,3,8H2. The van der Waals surface area contributed by atoms with E-state index >= 15 is 0 Å². The second kappa shape index (κ2) is 5.41. The van der Waals surface area contributed by atoms with Gasteiger partial charge in [0.2, 0.25) is 0 Å². The van der Waals surface area contributed by atoms with Crippen LogP contribution in [0.15, 0.2) is 60.8 Å². The summed E-state index contributed by atoms with van der Waals surface area (Å²) in [7, 11) is 0. The zero-order valence-electron chi connectivity index (χ0n) is 13.5. The Morgan fingerprint density at radius 1 is 1.00 bits per heavy atom. The molecule has 0 saturated carbocycles. The van der Waals surface area contributed by atoms with E-state index < -0.39 is 0 Å². The van der Waals surface area contributed by atoms with Crippen LogP contribution in [0.5, 0.6) is 5.75 Å². The maximum absolute atomic E-state index is 5.90. The van der Waals surface area contributed by atoms with Crippen LogP contribution in [0.4, 0.5) is 5.69 Å². The van der Waals surface area contributed by atoms with E-state index in [1.54, 1.807) is 0 Å². The van der Waals surface area contributed by atoms with Crippen LogP contribution in [0.2, 0.25) is 0 Å². The van der Waals surface area contributed by atoms with Gasteiger partial charge in [-0.2, -0.15) is 0 Å². The Labute approximate surface area is 141 Å². The maximum atomic E-state index is 5.90. The van der Waals surface area contributed by atoms with Crippen molar-refractivity contribution >= 4 is 18.0 Å². The van der Waals surface area contributed by atoms with Crippen LogP contribution < -0.4 is 20.1 Å². The molecule has 0 saturated heterocycles. The molecule has 5 rings (SSSR count). The number of fused-ring (bicyclic) bond motifs is 5. The highest BCUT2D eigenvalue weighted by Crippen LogP contribution is 2.31. The highest BCUT2D eigenvalue weighted by molar-refractivity contribution is 5.78. The summed E-state index contributed by atoms with van der Waals surface area (Å²) in [5.74, 6) is 0.934. The third-order valence-electron chi connectivity index (χ3n) is 5.12. The Morgan fingerprint density at radius 2 is 1.96 bits per heavy atom.